The number of hydrogen-bond acceptors (Lipinski definition) is 6. The van der Waals surface area contributed by atoms with Crippen molar-refractivity contribution in [2.75, 3.05) is 0 Å². The van der Waals surface area contributed by atoms with Gasteiger partial charge in [-0.1, -0.05) is 107 Å². The second-order valence-electron chi connectivity index (χ2n) is 7.55. The number of benzene rings is 4. The molecule has 0 fully saturated rings. The smallest absolute Gasteiger partial charge is 0.183 e. The van der Waals surface area contributed by atoms with Crippen LogP contribution < -0.4 is 0 Å². The summed E-state index contributed by atoms with van der Waals surface area (Å²) >= 11 is 0. The molecule has 0 aromatic heterocycles. The first-order chi connectivity index (χ1) is 16.4. The Morgan fingerprint density at radius 1 is 0.441 bits per heavy atom. The van der Waals surface area contributed by atoms with E-state index in [2.05, 4.69) is 0 Å². The lowest BCUT2D eigenvalue weighted by Crippen LogP contribution is -2.06. The average Bonchev–Trinajstić information content (AvgIpc) is 2.84. The van der Waals surface area contributed by atoms with E-state index in [4.69, 9.17) is 0 Å². The lowest BCUT2D eigenvalue weighted by molar-refractivity contribution is 0.591. The summed E-state index contributed by atoms with van der Waals surface area (Å²) in [6, 6.07) is 31.7. The second-order valence-corrected chi connectivity index (χ2v) is 13.7. The summed E-state index contributed by atoms with van der Waals surface area (Å²) in [5, 5.41) is 0. The molecular formula is C26H22O4S4. The van der Waals surface area contributed by atoms with Crippen molar-refractivity contribution >= 4 is 41.3 Å². The van der Waals surface area contributed by atoms with Crippen molar-refractivity contribution in [3.8, 4) is 0 Å². The van der Waals surface area contributed by atoms with Crippen molar-refractivity contribution < 1.29 is 16.8 Å². The lowest BCUT2D eigenvalue weighted by Gasteiger charge is -2.12. The fourth-order valence-corrected chi connectivity index (χ4v) is 9.77. The highest BCUT2D eigenvalue weighted by Gasteiger charge is 2.22. The Labute approximate surface area is 208 Å². The van der Waals surface area contributed by atoms with Gasteiger partial charge in [0.05, 0.1) is 21.3 Å². The summed E-state index contributed by atoms with van der Waals surface area (Å²) in [4.78, 5) is 1.61. The molecule has 0 saturated heterocycles. The van der Waals surface area contributed by atoms with Gasteiger partial charge in [-0.05, 0) is 35.4 Å². The van der Waals surface area contributed by atoms with Crippen molar-refractivity contribution in [2.45, 2.75) is 31.1 Å². The molecule has 0 saturated carbocycles. The van der Waals surface area contributed by atoms with E-state index in [0.717, 1.165) is 0 Å². The Morgan fingerprint density at radius 2 is 0.765 bits per heavy atom. The highest BCUT2D eigenvalue weighted by atomic mass is 33.1. The molecule has 174 valence electrons. The molecule has 0 aliphatic rings. The summed E-state index contributed by atoms with van der Waals surface area (Å²) in [6.45, 7) is 0. The van der Waals surface area contributed by atoms with Crippen LogP contribution in [-0.2, 0) is 31.2 Å². The molecule has 8 heteroatoms. The van der Waals surface area contributed by atoms with Gasteiger partial charge in [-0.3, -0.25) is 0 Å². The minimum Gasteiger partial charge on any atom is -0.223 e. The first-order valence-corrected chi connectivity index (χ1v) is 15.9. The molecule has 0 N–H and O–H groups in total. The monoisotopic (exact) mass is 526 g/mol. The van der Waals surface area contributed by atoms with Crippen molar-refractivity contribution in [3.05, 3.63) is 120 Å². The van der Waals surface area contributed by atoms with Crippen LogP contribution in [0.4, 0.5) is 0 Å². The molecule has 0 atom stereocenters. The van der Waals surface area contributed by atoms with Crippen molar-refractivity contribution in [2.24, 2.45) is 0 Å². The van der Waals surface area contributed by atoms with E-state index in [1.807, 2.05) is 36.4 Å². The van der Waals surface area contributed by atoms with E-state index >= 15 is 0 Å². The third-order valence-electron chi connectivity index (χ3n) is 4.99. The summed E-state index contributed by atoms with van der Waals surface area (Å²) in [5.74, 6) is -0.198. The second kappa shape index (κ2) is 10.8. The van der Waals surface area contributed by atoms with Crippen molar-refractivity contribution in [1.29, 1.82) is 0 Å². The van der Waals surface area contributed by atoms with Gasteiger partial charge in [-0.25, -0.2) is 16.8 Å². The largest absolute Gasteiger partial charge is 0.223 e. The van der Waals surface area contributed by atoms with Gasteiger partial charge in [0.2, 0.25) is 0 Å². The van der Waals surface area contributed by atoms with Gasteiger partial charge >= 0.3 is 0 Å². The predicted molar refractivity (Wildman–Crippen MR) is 139 cm³/mol. The fourth-order valence-electron chi connectivity index (χ4n) is 3.38. The molecule has 0 spiro atoms. The Kier molecular flexibility index (Phi) is 7.83. The Morgan fingerprint density at radius 3 is 1.15 bits per heavy atom. The van der Waals surface area contributed by atoms with Crippen LogP contribution in [-0.4, -0.2) is 16.8 Å². The van der Waals surface area contributed by atoms with E-state index in [0.29, 0.717) is 20.9 Å². The molecular weight excluding hydrogens is 505 g/mol. The van der Waals surface area contributed by atoms with Gasteiger partial charge in [0.25, 0.3) is 0 Å². The normalized spacial score (nSPS) is 11.9. The minimum atomic E-state index is -3.58. The maximum atomic E-state index is 13.1. The molecule has 4 aromatic carbocycles. The third-order valence-corrected chi connectivity index (χ3v) is 11.2. The number of sulfone groups is 2. The maximum Gasteiger partial charge on any atom is 0.183 e. The average molecular weight is 527 g/mol. The first kappa shape index (κ1) is 24.6. The predicted octanol–water partition coefficient (Wildman–Crippen LogP) is 6.43. The van der Waals surface area contributed by atoms with Crippen LogP contribution in [0.15, 0.2) is 129 Å². The van der Waals surface area contributed by atoms with Crippen LogP contribution in [0.25, 0.3) is 0 Å². The zero-order chi connectivity index (χ0) is 24.0. The highest BCUT2D eigenvalue weighted by molar-refractivity contribution is 8.76. The Balaban J connectivity index is 1.58. The van der Waals surface area contributed by atoms with Gasteiger partial charge in [-0.2, -0.15) is 0 Å². The van der Waals surface area contributed by atoms with Crippen molar-refractivity contribution in [3.63, 3.8) is 0 Å². The quantitative estimate of drug-likeness (QED) is 0.234. The standard InChI is InChI=1S/C26H22O4S4/c27-33(28,19-21-11-3-1-4-12-21)25-17-9-7-15-23(25)31-32-24-16-8-10-18-26(24)34(29,30)20-22-13-5-2-6-14-22/h1-18H,19-20H2. The SMILES string of the molecule is O=S(=O)(Cc1ccccc1)c1ccccc1SSc1ccccc1S(=O)(=O)Cc1ccccc1. The summed E-state index contributed by atoms with van der Waals surface area (Å²) in [6.07, 6.45) is 0. The van der Waals surface area contributed by atoms with Gasteiger partial charge < -0.3 is 0 Å². The Bertz CT molecular complexity index is 1350. The van der Waals surface area contributed by atoms with Gasteiger partial charge in [-0.15, -0.1) is 0 Å². The molecule has 4 aromatic rings. The molecule has 4 rings (SSSR count). The van der Waals surface area contributed by atoms with Crippen LogP contribution in [0.3, 0.4) is 0 Å². The van der Waals surface area contributed by atoms with E-state index < -0.39 is 19.7 Å². The molecule has 4 nitrogen and oxygen atoms in total. The van der Waals surface area contributed by atoms with Crippen LogP contribution in [0.5, 0.6) is 0 Å². The molecule has 0 heterocycles. The Hall–Kier alpha value is -2.52. The molecule has 34 heavy (non-hydrogen) atoms. The fraction of sp³-hybridized carbons (Fsp3) is 0.0769. The summed E-state index contributed by atoms with van der Waals surface area (Å²) < 4.78 is 52.6. The minimum absolute atomic E-state index is 0.0991. The third kappa shape index (κ3) is 6.13. The summed E-state index contributed by atoms with van der Waals surface area (Å²) in [5.41, 5.74) is 1.43. The van der Waals surface area contributed by atoms with Crippen molar-refractivity contribution in [1.82, 2.24) is 0 Å². The van der Waals surface area contributed by atoms with Gasteiger partial charge in [0.15, 0.2) is 19.7 Å². The zero-order valence-corrected chi connectivity index (χ0v) is 21.3. The number of rotatable bonds is 9. The topological polar surface area (TPSA) is 68.3 Å². The highest BCUT2D eigenvalue weighted by Crippen LogP contribution is 2.43. The van der Waals surface area contributed by atoms with E-state index in [-0.39, 0.29) is 21.3 Å². The van der Waals surface area contributed by atoms with Crippen LogP contribution in [0.1, 0.15) is 11.1 Å². The van der Waals surface area contributed by atoms with Crippen LogP contribution in [0, 0.1) is 0 Å². The number of hydrogen-bond donors (Lipinski definition) is 0. The van der Waals surface area contributed by atoms with Gasteiger partial charge in [0.1, 0.15) is 0 Å². The first-order valence-electron chi connectivity index (χ1n) is 10.4. The maximum absolute atomic E-state index is 13.1. The molecule has 0 bridgehead atoms. The van der Waals surface area contributed by atoms with E-state index in [1.54, 1.807) is 72.8 Å². The molecule has 0 aliphatic carbocycles. The van der Waals surface area contributed by atoms with Gasteiger partial charge in [0, 0.05) is 9.79 Å². The molecule has 0 aliphatic heterocycles. The molecule has 0 unspecified atom stereocenters. The molecule has 0 radical (unpaired) electrons. The van der Waals surface area contributed by atoms with Crippen LogP contribution >= 0.6 is 21.6 Å². The molecule has 0 amide bonds. The van der Waals surface area contributed by atoms with E-state index in [1.165, 1.54) is 21.6 Å². The lowest BCUT2D eigenvalue weighted by atomic mass is 10.2. The summed E-state index contributed by atoms with van der Waals surface area (Å²) in [7, 11) is -4.67. The zero-order valence-electron chi connectivity index (χ0n) is 18.1. The van der Waals surface area contributed by atoms with E-state index in [9.17, 15) is 16.8 Å². The van der Waals surface area contributed by atoms with Crippen LogP contribution in [0.2, 0.25) is 0 Å².